The number of amides is 1. The van der Waals surface area contributed by atoms with Gasteiger partial charge in [-0.05, 0) is 26.0 Å². The number of ether oxygens (including phenoxy) is 1. The van der Waals surface area contributed by atoms with Crippen LogP contribution in [0.25, 0.3) is 0 Å². The molecule has 0 radical (unpaired) electrons. The summed E-state index contributed by atoms with van der Waals surface area (Å²) in [7, 11) is 3.28. The van der Waals surface area contributed by atoms with Gasteiger partial charge in [-0.25, -0.2) is 4.79 Å². The van der Waals surface area contributed by atoms with Crippen LogP contribution in [-0.4, -0.2) is 53.7 Å². The molecule has 1 aromatic heterocycles. The predicted octanol–water partition coefficient (Wildman–Crippen LogP) is 0.542. The molecule has 1 aromatic rings. The van der Waals surface area contributed by atoms with Gasteiger partial charge in [0, 0.05) is 14.1 Å². The standard InChI is InChI=1S/C12H18N4O3/c1-5-19-12(18)8(2)13-10-7-6-9(14-15-10)11(17)16(3)4/h6-8H,5H2,1-4H3,(H,13,15). The normalized spacial score (nSPS) is 11.6. The summed E-state index contributed by atoms with van der Waals surface area (Å²) in [5, 5.41) is 10.5. The molecule has 1 amide bonds. The lowest BCUT2D eigenvalue weighted by molar-refractivity contribution is -0.143. The minimum atomic E-state index is -0.523. The van der Waals surface area contributed by atoms with Crippen LogP contribution < -0.4 is 5.32 Å². The molecule has 1 unspecified atom stereocenters. The molecule has 1 N–H and O–H groups in total. The highest BCUT2D eigenvalue weighted by atomic mass is 16.5. The van der Waals surface area contributed by atoms with Gasteiger partial charge in [0.25, 0.3) is 5.91 Å². The molecule has 0 saturated heterocycles. The van der Waals surface area contributed by atoms with Crippen molar-refractivity contribution in [2.45, 2.75) is 19.9 Å². The highest BCUT2D eigenvalue weighted by molar-refractivity contribution is 5.91. The third-order valence-electron chi connectivity index (χ3n) is 2.29. The monoisotopic (exact) mass is 266 g/mol. The number of hydrogen-bond donors (Lipinski definition) is 1. The number of aromatic nitrogens is 2. The van der Waals surface area contributed by atoms with E-state index in [1.54, 1.807) is 40.1 Å². The maximum Gasteiger partial charge on any atom is 0.328 e. The minimum Gasteiger partial charge on any atom is -0.464 e. The third kappa shape index (κ3) is 4.20. The molecule has 104 valence electrons. The Morgan fingerprint density at radius 1 is 1.37 bits per heavy atom. The van der Waals surface area contributed by atoms with Crippen molar-refractivity contribution >= 4 is 17.7 Å². The number of anilines is 1. The van der Waals surface area contributed by atoms with Gasteiger partial charge in [-0.1, -0.05) is 0 Å². The molecule has 1 heterocycles. The summed E-state index contributed by atoms with van der Waals surface area (Å²) < 4.78 is 4.86. The number of carbonyl (C=O) groups is 2. The first-order valence-electron chi connectivity index (χ1n) is 5.94. The van der Waals surface area contributed by atoms with Gasteiger partial charge >= 0.3 is 5.97 Å². The van der Waals surface area contributed by atoms with Crippen molar-refractivity contribution in [2.24, 2.45) is 0 Å². The van der Waals surface area contributed by atoms with Crippen molar-refractivity contribution in [1.29, 1.82) is 0 Å². The van der Waals surface area contributed by atoms with E-state index in [9.17, 15) is 9.59 Å². The molecule has 0 aromatic carbocycles. The van der Waals surface area contributed by atoms with E-state index in [1.165, 1.54) is 4.90 Å². The SMILES string of the molecule is CCOC(=O)C(C)Nc1ccc(C(=O)N(C)C)nn1. The molecule has 0 spiro atoms. The first-order valence-corrected chi connectivity index (χ1v) is 5.94. The molecule has 1 atom stereocenters. The third-order valence-corrected chi connectivity index (χ3v) is 2.29. The fourth-order valence-electron chi connectivity index (χ4n) is 1.30. The molecule has 7 heteroatoms. The Kier molecular flexibility index (Phi) is 5.23. The number of hydrogen-bond acceptors (Lipinski definition) is 6. The van der Waals surface area contributed by atoms with Crippen LogP contribution in [-0.2, 0) is 9.53 Å². The average Bonchev–Trinajstić information content (AvgIpc) is 2.38. The molecule has 0 aliphatic carbocycles. The van der Waals surface area contributed by atoms with Crippen LogP contribution in [0.5, 0.6) is 0 Å². The van der Waals surface area contributed by atoms with E-state index < -0.39 is 6.04 Å². The van der Waals surface area contributed by atoms with Crippen molar-refractivity contribution in [3.63, 3.8) is 0 Å². The second kappa shape index (κ2) is 6.67. The lowest BCUT2D eigenvalue weighted by atomic mass is 10.3. The summed E-state index contributed by atoms with van der Waals surface area (Å²) in [5.41, 5.74) is 0.249. The van der Waals surface area contributed by atoms with Gasteiger partial charge in [-0.3, -0.25) is 4.79 Å². The Labute approximate surface area is 112 Å². The van der Waals surface area contributed by atoms with Crippen LogP contribution in [0.1, 0.15) is 24.3 Å². The van der Waals surface area contributed by atoms with Crippen LogP contribution in [0.2, 0.25) is 0 Å². The van der Waals surface area contributed by atoms with Crippen LogP contribution in [0.15, 0.2) is 12.1 Å². The van der Waals surface area contributed by atoms with Crippen molar-refractivity contribution in [1.82, 2.24) is 15.1 Å². The number of nitrogens with one attached hydrogen (secondary N) is 1. The van der Waals surface area contributed by atoms with Gasteiger partial charge in [-0.15, -0.1) is 10.2 Å². The number of rotatable bonds is 5. The highest BCUT2D eigenvalue weighted by Gasteiger charge is 2.15. The van der Waals surface area contributed by atoms with Crippen molar-refractivity contribution in [3.8, 4) is 0 Å². The molecule has 19 heavy (non-hydrogen) atoms. The highest BCUT2D eigenvalue weighted by Crippen LogP contribution is 2.06. The van der Waals surface area contributed by atoms with Gasteiger partial charge in [0.1, 0.15) is 11.9 Å². The molecule has 0 fully saturated rings. The minimum absolute atomic E-state index is 0.225. The fourth-order valence-corrected chi connectivity index (χ4v) is 1.30. The van der Waals surface area contributed by atoms with Gasteiger partial charge < -0.3 is 15.0 Å². The topological polar surface area (TPSA) is 84.4 Å². The number of esters is 1. The first kappa shape index (κ1) is 14.9. The zero-order chi connectivity index (χ0) is 14.4. The molecule has 0 bridgehead atoms. The Morgan fingerprint density at radius 3 is 2.53 bits per heavy atom. The fraction of sp³-hybridized carbons (Fsp3) is 0.500. The first-order chi connectivity index (χ1) is 8.95. The van der Waals surface area contributed by atoms with E-state index in [0.29, 0.717) is 12.4 Å². The van der Waals surface area contributed by atoms with Crippen LogP contribution in [0.3, 0.4) is 0 Å². The molecule has 0 saturated carbocycles. The lowest BCUT2D eigenvalue weighted by Gasteiger charge is -2.13. The van der Waals surface area contributed by atoms with Crippen LogP contribution >= 0.6 is 0 Å². The van der Waals surface area contributed by atoms with E-state index >= 15 is 0 Å². The summed E-state index contributed by atoms with van der Waals surface area (Å²) in [6.07, 6.45) is 0. The summed E-state index contributed by atoms with van der Waals surface area (Å²) in [5.74, 6) is -0.175. The van der Waals surface area contributed by atoms with Crippen LogP contribution in [0, 0.1) is 0 Å². The summed E-state index contributed by atoms with van der Waals surface area (Å²) >= 11 is 0. The molecule has 1 rings (SSSR count). The van der Waals surface area contributed by atoms with E-state index in [-0.39, 0.29) is 17.6 Å². The van der Waals surface area contributed by atoms with Gasteiger partial charge in [0.15, 0.2) is 5.69 Å². The molecule has 0 aliphatic rings. The average molecular weight is 266 g/mol. The second-order valence-electron chi connectivity index (χ2n) is 4.12. The van der Waals surface area contributed by atoms with E-state index in [1.807, 2.05) is 0 Å². The maximum atomic E-state index is 11.6. The molecular weight excluding hydrogens is 248 g/mol. The number of carbonyl (C=O) groups excluding carboxylic acids is 2. The summed E-state index contributed by atoms with van der Waals surface area (Å²) in [6.45, 7) is 3.73. The molecule has 0 aliphatic heterocycles. The van der Waals surface area contributed by atoms with E-state index in [2.05, 4.69) is 15.5 Å². The van der Waals surface area contributed by atoms with Crippen molar-refractivity contribution < 1.29 is 14.3 Å². The van der Waals surface area contributed by atoms with Gasteiger partial charge in [-0.2, -0.15) is 0 Å². The smallest absolute Gasteiger partial charge is 0.328 e. The van der Waals surface area contributed by atoms with Crippen molar-refractivity contribution in [3.05, 3.63) is 17.8 Å². The Bertz CT molecular complexity index is 445. The Hall–Kier alpha value is -2.18. The predicted molar refractivity (Wildman–Crippen MR) is 69.8 cm³/mol. The summed E-state index contributed by atoms with van der Waals surface area (Å²) in [6, 6.07) is 2.62. The lowest BCUT2D eigenvalue weighted by Crippen LogP contribution is -2.29. The molecular formula is C12H18N4O3. The van der Waals surface area contributed by atoms with Gasteiger partial charge in [0.05, 0.1) is 6.61 Å². The Morgan fingerprint density at radius 2 is 2.05 bits per heavy atom. The van der Waals surface area contributed by atoms with E-state index in [4.69, 9.17) is 4.74 Å². The van der Waals surface area contributed by atoms with Gasteiger partial charge in [0.2, 0.25) is 0 Å². The Balaban J connectivity index is 2.67. The quantitative estimate of drug-likeness (QED) is 0.783. The zero-order valence-electron chi connectivity index (χ0n) is 11.5. The van der Waals surface area contributed by atoms with Crippen LogP contribution in [0.4, 0.5) is 5.82 Å². The number of nitrogens with zero attached hydrogens (tertiary/aromatic N) is 3. The van der Waals surface area contributed by atoms with E-state index in [0.717, 1.165) is 0 Å². The largest absolute Gasteiger partial charge is 0.464 e. The maximum absolute atomic E-state index is 11.6. The van der Waals surface area contributed by atoms with Crippen molar-refractivity contribution in [2.75, 3.05) is 26.0 Å². The zero-order valence-corrected chi connectivity index (χ0v) is 11.5. The summed E-state index contributed by atoms with van der Waals surface area (Å²) in [4.78, 5) is 24.4. The second-order valence-corrected chi connectivity index (χ2v) is 4.12. The molecule has 7 nitrogen and oxygen atoms in total.